The molecule has 0 bridgehead atoms. The first-order chi connectivity index (χ1) is 12.9. The first kappa shape index (κ1) is 20.9. The summed E-state index contributed by atoms with van der Waals surface area (Å²) in [5.41, 5.74) is 0.371. The first-order valence-electron chi connectivity index (χ1n) is 8.20. The maximum absolute atomic E-state index is 12.2. The van der Waals surface area contributed by atoms with E-state index in [-0.39, 0.29) is 11.6 Å². The molecule has 1 atom stereocenters. The molecule has 0 fully saturated rings. The summed E-state index contributed by atoms with van der Waals surface area (Å²) in [6.07, 6.45) is -1.03. The van der Waals surface area contributed by atoms with Gasteiger partial charge in [-0.25, -0.2) is 4.79 Å². The van der Waals surface area contributed by atoms with Gasteiger partial charge in [-0.2, -0.15) is 0 Å². The number of ether oxygens (including phenoxy) is 3. The summed E-state index contributed by atoms with van der Waals surface area (Å²) in [4.78, 5) is 24.1. The summed E-state index contributed by atoms with van der Waals surface area (Å²) in [6.45, 7) is 3.40. The van der Waals surface area contributed by atoms with Crippen LogP contribution in [0.25, 0.3) is 0 Å². The SMILES string of the molecule is CCOc1ccccc1OCC(=O)O[C@@H](C)C(=O)Nc1ccc(Cl)cc1Cl. The summed E-state index contributed by atoms with van der Waals surface area (Å²) in [7, 11) is 0. The molecule has 0 saturated carbocycles. The van der Waals surface area contributed by atoms with Crippen molar-refractivity contribution in [3.8, 4) is 11.5 Å². The summed E-state index contributed by atoms with van der Waals surface area (Å²) < 4.78 is 15.9. The van der Waals surface area contributed by atoms with Gasteiger partial charge in [-0.05, 0) is 44.2 Å². The number of anilines is 1. The average Bonchev–Trinajstić information content (AvgIpc) is 2.63. The standard InChI is InChI=1S/C19H19Cl2NO5/c1-3-25-16-6-4-5-7-17(16)26-11-18(23)27-12(2)19(24)22-15-9-8-13(20)10-14(15)21/h4-10,12H,3,11H2,1-2H3,(H,22,24)/t12-/m0/s1. The van der Waals surface area contributed by atoms with Crippen LogP contribution in [0.3, 0.4) is 0 Å². The van der Waals surface area contributed by atoms with Crippen molar-refractivity contribution in [1.29, 1.82) is 0 Å². The zero-order chi connectivity index (χ0) is 19.8. The monoisotopic (exact) mass is 411 g/mol. The molecule has 0 heterocycles. The number of nitrogens with one attached hydrogen (secondary N) is 1. The Labute approximate surface area is 167 Å². The third-order valence-corrected chi connectivity index (χ3v) is 3.91. The van der Waals surface area contributed by atoms with Gasteiger partial charge >= 0.3 is 5.97 Å². The number of rotatable bonds is 8. The Morgan fingerprint density at radius 1 is 1.07 bits per heavy atom. The van der Waals surface area contributed by atoms with E-state index in [1.54, 1.807) is 36.4 Å². The molecular weight excluding hydrogens is 393 g/mol. The highest BCUT2D eigenvalue weighted by Gasteiger charge is 2.19. The van der Waals surface area contributed by atoms with Crippen molar-refractivity contribution in [3.63, 3.8) is 0 Å². The molecule has 0 spiro atoms. The van der Waals surface area contributed by atoms with Gasteiger partial charge in [-0.1, -0.05) is 35.3 Å². The third-order valence-electron chi connectivity index (χ3n) is 3.36. The summed E-state index contributed by atoms with van der Waals surface area (Å²) in [5.74, 6) is -0.272. The van der Waals surface area contributed by atoms with Gasteiger partial charge in [-0.15, -0.1) is 0 Å². The number of para-hydroxylation sites is 2. The lowest BCUT2D eigenvalue weighted by Crippen LogP contribution is -2.31. The van der Waals surface area contributed by atoms with E-state index in [2.05, 4.69) is 5.32 Å². The van der Waals surface area contributed by atoms with Crippen molar-refractivity contribution in [2.24, 2.45) is 0 Å². The lowest BCUT2D eigenvalue weighted by atomic mass is 10.3. The number of benzene rings is 2. The van der Waals surface area contributed by atoms with Crippen LogP contribution in [-0.2, 0) is 14.3 Å². The number of hydrogen-bond acceptors (Lipinski definition) is 5. The second-order valence-electron chi connectivity index (χ2n) is 5.41. The Bertz CT molecular complexity index is 812. The van der Waals surface area contributed by atoms with E-state index >= 15 is 0 Å². The second-order valence-corrected chi connectivity index (χ2v) is 6.26. The molecule has 1 amide bonds. The highest BCUT2D eigenvalue weighted by atomic mass is 35.5. The second kappa shape index (κ2) is 10.0. The van der Waals surface area contributed by atoms with Crippen molar-refractivity contribution in [3.05, 3.63) is 52.5 Å². The Hall–Kier alpha value is -2.44. The van der Waals surface area contributed by atoms with Crippen molar-refractivity contribution in [2.75, 3.05) is 18.5 Å². The summed E-state index contributed by atoms with van der Waals surface area (Å²) in [6, 6.07) is 11.6. The molecule has 0 aliphatic rings. The van der Waals surface area contributed by atoms with E-state index in [0.717, 1.165) is 0 Å². The van der Waals surface area contributed by atoms with Crippen LogP contribution in [0.1, 0.15) is 13.8 Å². The molecule has 1 N–H and O–H groups in total. The predicted molar refractivity (Wildman–Crippen MR) is 104 cm³/mol. The van der Waals surface area contributed by atoms with Gasteiger partial charge in [0.1, 0.15) is 0 Å². The summed E-state index contributed by atoms with van der Waals surface area (Å²) >= 11 is 11.8. The smallest absolute Gasteiger partial charge is 0.344 e. The zero-order valence-corrected chi connectivity index (χ0v) is 16.3. The highest BCUT2D eigenvalue weighted by Crippen LogP contribution is 2.27. The Morgan fingerprint density at radius 3 is 2.37 bits per heavy atom. The molecule has 0 aliphatic carbocycles. The molecule has 0 aromatic heterocycles. The minimum atomic E-state index is -1.03. The molecule has 0 saturated heterocycles. The van der Waals surface area contributed by atoms with E-state index in [1.165, 1.54) is 13.0 Å². The maximum Gasteiger partial charge on any atom is 0.344 e. The number of hydrogen-bond donors (Lipinski definition) is 1. The zero-order valence-electron chi connectivity index (χ0n) is 14.8. The van der Waals surface area contributed by atoms with Crippen molar-refractivity contribution in [1.82, 2.24) is 0 Å². The Kier molecular flexibility index (Phi) is 7.76. The molecule has 0 aliphatic heterocycles. The Morgan fingerprint density at radius 2 is 1.74 bits per heavy atom. The van der Waals surface area contributed by atoms with E-state index in [1.807, 2.05) is 6.92 Å². The van der Waals surface area contributed by atoms with Gasteiger partial charge in [-0.3, -0.25) is 4.79 Å². The minimum Gasteiger partial charge on any atom is -0.490 e. The lowest BCUT2D eigenvalue weighted by Gasteiger charge is -2.15. The van der Waals surface area contributed by atoms with Gasteiger partial charge in [0.2, 0.25) is 0 Å². The van der Waals surface area contributed by atoms with Crippen LogP contribution >= 0.6 is 23.2 Å². The van der Waals surface area contributed by atoms with Crippen LogP contribution in [-0.4, -0.2) is 31.2 Å². The van der Waals surface area contributed by atoms with E-state index in [9.17, 15) is 9.59 Å². The molecule has 2 rings (SSSR count). The maximum atomic E-state index is 12.2. The van der Waals surface area contributed by atoms with Gasteiger partial charge in [0.05, 0.1) is 17.3 Å². The van der Waals surface area contributed by atoms with Gasteiger partial charge in [0, 0.05) is 5.02 Å². The van der Waals surface area contributed by atoms with E-state index in [4.69, 9.17) is 37.4 Å². The summed E-state index contributed by atoms with van der Waals surface area (Å²) in [5, 5.41) is 3.30. The third kappa shape index (κ3) is 6.34. The number of carbonyl (C=O) groups is 2. The molecule has 6 nitrogen and oxygen atoms in total. The largest absolute Gasteiger partial charge is 0.490 e. The predicted octanol–water partition coefficient (Wildman–Crippen LogP) is 4.34. The fourth-order valence-corrected chi connectivity index (χ4v) is 2.55. The molecule has 144 valence electrons. The van der Waals surface area contributed by atoms with Crippen LogP contribution in [0, 0.1) is 0 Å². The van der Waals surface area contributed by atoms with E-state index < -0.39 is 18.0 Å². The molecule has 27 heavy (non-hydrogen) atoms. The van der Waals surface area contributed by atoms with Gasteiger partial charge in [0.15, 0.2) is 24.2 Å². The first-order valence-corrected chi connectivity index (χ1v) is 8.96. The fourth-order valence-electron chi connectivity index (χ4n) is 2.09. The van der Waals surface area contributed by atoms with Crippen LogP contribution in [0.4, 0.5) is 5.69 Å². The van der Waals surface area contributed by atoms with Crippen LogP contribution in [0.15, 0.2) is 42.5 Å². The molecular formula is C19H19Cl2NO5. The number of amides is 1. The lowest BCUT2D eigenvalue weighted by molar-refractivity contribution is -0.155. The Balaban J connectivity index is 1.87. The molecule has 2 aromatic rings. The molecule has 0 radical (unpaired) electrons. The average molecular weight is 412 g/mol. The van der Waals surface area contributed by atoms with Crippen molar-refractivity contribution >= 4 is 40.8 Å². The van der Waals surface area contributed by atoms with E-state index in [0.29, 0.717) is 28.8 Å². The van der Waals surface area contributed by atoms with Gasteiger partial charge < -0.3 is 19.5 Å². The van der Waals surface area contributed by atoms with Crippen LogP contribution < -0.4 is 14.8 Å². The highest BCUT2D eigenvalue weighted by molar-refractivity contribution is 6.36. The fraction of sp³-hybridized carbons (Fsp3) is 0.263. The topological polar surface area (TPSA) is 73.9 Å². The minimum absolute atomic E-state index is 0.283. The normalized spacial score (nSPS) is 11.4. The van der Waals surface area contributed by atoms with Crippen LogP contribution in [0.2, 0.25) is 10.0 Å². The number of halogens is 2. The quantitative estimate of drug-likeness (QED) is 0.653. The molecule has 8 heteroatoms. The van der Waals surface area contributed by atoms with Crippen LogP contribution in [0.5, 0.6) is 11.5 Å². The molecule has 0 unspecified atom stereocenters. The van der Waals surface area contributed by atoms with Crippen molar-refractivity contribution < 1.29 is 23.8 Å². The number of esters is 1. The molecule has 2 aromatic carbocycles. The van der Waals surface area contributed by atoms with Gasteiger partial charge in [0.25, 0.3) is 5.91 Å². The van der Waals surface area contributed by atoms with Crippen molar-refractivity contribution in [2.45, 2.75) is 20.0 Å². The number of carbonyl (C=O) groups excluding carboxylic acids is 2.